The quantitative estimate of drug-likeness (QED) is 0.756. The summed E-state index contributed by atoms with van der Waals surface area (Å²) in [7, 11) is 0. The molecule has 1 atom stereocenters. The van der Waals surface area contributed by atoms with Crippen molar-refractivity contribution in [3.8, 4) is 0 Å². The van der Waals surface area contributed by atoms with Crippen LogP contribution in [0.15, 0.2) is 35.7 Å². The molecule has 0 spiro atoms. The van der Waals surface area contributed by atoms with Crippen molar-refractivity contribution in [2.75, 3.05) is 18.5 Å². The molecule has 0 bridgehead atoms. The van der Waals surface area contributed by atoms with Gasteiger partial charge in [-0.05, 0) is 31.9 Å². The summed E-state index contributed by atoms with van der Waals surface area (Å²) < 4.78 is 4.92. The molecule has 1 amide bonds. The number of rotatable bonds is 7. The summed E-state index contributed by atoms with van der Waals surface area (Å²) in [6.07, 6.45) is 1.99. The van der Waals surface area contributed by atoms with Crippen LogP contribution in [0.5, 0.6) is 0 Å². The normalized spacial score (nSPS) is 17.2. The van der Waals surface area contributed by atoms with Gasteiger partial charge < -0.3 is 10.1 Å². The number of nitrogens with one attached hydrogen (secondary N) is 1. The number of benzene rings is 1. The van der Waals surface area contributed by atoms with Crippen LogP contribution in [-0.2, 0) is 27.3 Å². The smallest absolute Gasteiger partial charge is 0.311 e. The third-order valence-electron chi connectivity index (χ3n) is 4.31. The van der Waals surface area contributed by atoms with Gasteiger partial charge in [-0.1, -0.05) is 30.3 Å². The van der Waals surface area contributed by atoms with Crippen molar-refractivity contribution in [2.24, 2.45) is 0 Å². The Morgan fingerprint density at radius 1 is 1.35 bits per heavy atom. The second-order valence-corrected chi connectivity index (χ2v) is 7.09. The molecule has 138 valence electrons. The van der Waals surface area contributed by atoms with E-state index in [0.717, 1.165) is 25.9 Å². The molecular weight excluding hydrogens is 350 g/mol. The molecule has 26 heavy (non-hydrogen) atoms. The highest BCUT2D eigenvalue weighted by Crippen LogP contribution is 2.23. The van der Waals surface area contributed by atoms with Gasteiger partial charge in [-0.2, -0.15) is 0 Å². The van der Waals surface area contributed by atoms with E-state index in [2.05, 4.69) is 27.3 Å². The van der Waals surface area contributed by atoms with Crippen molar-refractivity contribution >= 4 is 28.3 Å². The molecule has 1 aliphatic rings. The van der Waals surface area contributed by atoms with Gasteiger partial charge in [-0.15, -0.1) is 11.3 Å². The molecule has 1 fully saturated rings. The minimum Gasteiger partial charge on any atom is -0.466 e. The van der Waals surface area contributed by atoms with Crippen LogP contribution in [0.4, 0.5) is 5.13 Å². The molecule has 7 heteroatoms. The SMILES string of the molecule is CCOC(=O)Cc1csc(NC(=O)C2CCCN2Cc2ccccc2)n1. The maximum atomic E-state index is 12.7. The molecular formula is C19H23N3O3S. The lowest BCUT2D eigenvalue weighted by Crippen LogP contribution is -2.39. The standard InChI is InChI=1S/C19H23N3O3S/c1-2-25-17(23)11-15-13-26-19(20-15)21-18(24)16-9-6-10-22(16)12-14-7-4-3-5-8-14/h3-5,7-8,13,16H,2,6,9-12H2,1H3,(H,20,21,24). The van der Waals surface area contributed by atoms with Gasteiger partial charge in [0, 0.05) is 11.9 Å². The van der Waals surface area contributed by atoms with E-state index < -0.39 is 0 Å². The summed E-state index contributed by atoms with van der Waals surface area (Å²) >= 11 is 1.33. The first-order chi connectivity index (χ1) is 12.7. The van der Waals surface area contributed by atoms with Gasteiger partial charge in [0.2, 0.25) is 5.91 Å². The number of ether oxygens (including phenoxy) is 1. The van der Waals surface area contributed by atoms with Crippen molar-refractivity contribution in [3.63, 3.8) is 0 Å². The number of hydrogen-bond acceptors (Lipinski definition) is 6. The average Bonchev–Trinajstić information content (AvgIpc) is 3.25. The lowest BCUT2D eigenvalue weighted by molar-refractivity contribution is -0.142. The van der Waals surface area contributed by atoms with Crippen molar-refractivity contribution < 1.29 is 14.3 Å². The van der Waals surface area contributed by atoms with E-state index in [-0.39, 0.29) is 24.3 Å². The maximum Gasteiger partial charge on any atom is 0.311 e. The Bertz CT molecular complexity index is 747. The zero-order chi connectivity index (χ0) is 18.4. The molecule has 6 nitrogen and oxygen atoms in total. The zero-order valence-electron chi connectivity index (χ0n) is 14.8. The fourth-order valence-corrected chi connectivity index (χ4v) is 3.84. The topological polar surface area (TPSA) is 71.5 Å². The van der Waals surface area contributed by atoms with Gasteiger partial charge >= 0.3 is 5.97 Å². The second kappa shape index (κ2) is 8.91. The minimum absolute atomic E-state index is 0.0320. The Morgan fingerprint density at radius 2 is 2.15 bits per heavy atom. The predicted octanol–water partition coefficient (Wildman–Crippen LogP) is 2.85. The van der Waals surface area contributed by atoms with E-state index in [1.165, 1.54) is 16.9 Å². The van der Waals surface area contributed by atoms with E-state index in [1.807, 2.05) is 18.2 Å². The number of esters is 1. The molecule has 1 aromatic heterocycles. The molecule has 1 aromatic carbocycles. The summed E-state index contributed by atoms with van der Waals surface area (Å²) in [6, 6.07) is 10.0. The molecule has 1 aliphatic heterocycles. The number of carbonyl (C=O) groups excluding carboxylic acids is 2. The van der Waals surface area contributed by atoms with E-state index >= 15 is 0 Å². The second-order valence-electron chi connectivity index (χ2n) is 6.23. The van der Waals surface area contributed by atoms with Gasteiger partial charge in [-0.3, -0.25) is 14.5 Å². The summed E-state index contributed by atoms with van der Waals surface area (Å²) in [5, 5.41) is 5.21. The Kier molecular flexibility index (Phi) is 6.35. The fourth-order valence-electron chi connectivity index (χ4n) is 3.12. The van der Waals surface area contributed by atoms with Gasteiger partial charge in [0.1, 0.15) is 0 Å². The van der Waals surface area contributed by atoms with E-state index in [0.29, 0.717) is 17.4 Å². The van der Waals surface area contributed by atoms with Crippen molar-refractivity contribution in [3.05, 3.63) is 47.0 Å². The Morgan fingerprint density at radius 3 is 2.92 bits per heavy atom. The Balaban J connectivity index is 1.57. The molecule has 0 aliphatic carbocycles. The average molecular weight is 373 g/mol. The highest BCUT2D eigenvalue weighted by Gasteiger charge is 2.31. The first kappa shape index (κ1) is 18.5. The van der Waals surface area contributed by atoms with E-state index in [9.17, 15) is 9.59 Å². The summed E-state index contributed by atoms with van der Waals surface area (Å²) in [5.41, 5.74) is 1.83. The summed E-state index contributed by atoms with van der Waals surface area (Å²) in [5.74, 6) is -0.337. The van der Waals surface area contributed by atoms with Crippen LogP contribution >= 0.6 is 11.3 Å². The molecule has 3 rings (SSSR count). The van der Waals surface area contributed by atoms with Crippen LogP contribution in [0.25, 0.3) is 0 Å². The first-order valence-electron chi connectivity index (χ1n) is 8.84. The largest absolute Gasteiger partial charge is 0.466 e. The lowest BCUT2D eigenvalue weighted by Gasteiger charge is -2.23. The van der Waals surface area contributed by atoms with Gasteiger partial charge in [0.15, 0.2) is 5.13 Å². The number of hydrogen-bond donors (Lipinski definition) is 1. The van der Waals surface area contributed by atoms with Gasteiger partial charge in [-0.25, -0.2) is 4.98 Å². The predicted molar refractivity (Wildman–Crippen MR) is 101 cm³/mol. The van der Waals surface area contributed by atoms with Crippen LogP contribution in [-0.4, -0.2) is 41.0 Å². The summed E-state index contributed by atoms with van der Waals surface area (Å²) in [4.78, 5) is 30.7. The minimum atomic E-state index is -0.305. The lowest BCUT2D eigenvalue weighted by atomic mass is 10.1. The fraction of sp³-hybridized carbons (Fsp3) is 0.421. The van der Waals surface area contributed by atoms with Crippen molar-refractivity contribution in [1.82, 2.24) is 9.88 Å². The van der Waals surface area contributed by atoms with Crippen LogP contribution < -0.4 is 5.32 Å². The van der Waals surface area contributed by atoms with Crippen LogP contribution in [0, 0.1) is 0 Å². The first-order valence-corrected chi connectivity index (χ1v) is 9.72. The number of likely N-dealkylation sites (tertiary alicyclic amines) is 1. The summed E-state index contributed by atoms with van der Waals surface area (Å²) in [6.45, 7) is 3.81. The third kappa shape index (κ3) is 4.89. The van der Waals surface area contributed by atoms with E-state index in [4.69, 9.17) is 4.74 Å². The molecule has 1 unspecified atom stereocenters. The molecule has 1 N–H and O–H groups in total. The highest BCUT2D eigenvalue weighted by atomic mass is 32.1. The third-order valence-corrected chi connectivity index (χ3v) is 5.11. The number of aromatic nitrogens is 1. The Labute approximate surface area is 157 Å². The maximum absolute atomic E-state index is 12.7. The highest BCUT2D eigenvalue weighted by molar-refractivity contribution is 7.13. The molecule has 0 radical (unpaired) electrons. The number of anilines is 1. The monoisotopic (exact) mass is 373 g/mol. The number of amides is 1. The van der Waals surface area contributed by atoms with Gasteiger partial charge in [0.25, 0.3) is 0 Å². The van der Waals surface area contributed by atoms with Crippen molar-refractivity contribution in [1.29, 1.82) is 0 Å². The van der Waals surface area contributed by atoms with Crippen molar-refractivity contribution in [2.45, 2.75) is 38.8 Å². The Hall–Kier alpha value is -2.25. The van der Waals surface area contributed by atoms with Crippen LogP contribution in [0.1, 0.15) is 31.0 Å². The van der Waals surface area contributed by atoms with Crippen LogP contribution in [0.2, 0.25) is 0 Å². The molecule has 2 aromatic rings. The molecule has 1 saturated heterocycles. The van der Waals surface area contributed by atoms with Crippen LogP contribution in [0.3, 0.4) is 0 Å². The molecule has 0 saturated carbocycles. The number of nitrogens with zero attached hydrogens (tertiary/aromatic N) is 2. The van der Waals surface area contributed by atoms with Gasteiger partial charge in [0.05, 0.1) is 24.8 Å². The number of thiazole rings is 1. The van der Waals surface area contributed by atoms with E-state index in [1.54, 1.807) is 12.3 Å². The zero-order valence-corrected chi connectivity index (χ0v) is 15.6. The number of carbonyl (C=O) groups is 2. The molecule has 2 heterocycles.